The van der Waals surface area contributed by atoms with Crippen molar-refractivity contribution in [2.24, 2.45) is 17.3 Å². The van der Waals surface area contributed by atoms with Crippen molar-refractivity contribution >= 4 is 33.5 Å². The topological polar surface area (TPSA) is 140 Å². The van der Waals surface area contributed by atoms with Crippen molar-refractivity contribution in [3.8, 4) is 47.3 Å². The lowest BCUT2D eigenvalue weighted by Crippen LogP contribution is -2.59. The van der Waals surface area contributed by atoms with E-state index in [1.807, 2.05) is 4.90 Å². The number of pyridine rings is 1. The normalized spacial score (nSPS) is 24.2. The van der Waals surface area contributed by atoms with Crippen LogP contribution in [0.15, 0.2) is 24.3 Å². The van der Waals surface area contributed by atoms with Gasteiger partial charge in [-0.3, -0.25) is 0 Å². The molecule has 278 valence electrons. The van der Waals surface area contributed by atoms with Gasteiger partial charge in [-0.25, -0.2) is 18.6 Å². The molecule has 14 heteroatoms. The van der Waals surface area contributed by atoms with Gasteiger partial charge in [-0.1, -0.05) is 12.0 Å². The van der Waals surface area contributed by atoms with Crippen LogP contribution in [0.3, 0.4) is 0 Å². The van der Waals surface area contributed by atoms with E-state index in [0.717, 1.165) is 57.2 Å². The first-order valence-corrected chi connectivity index (χ1v) is 18.5. The Morgan fingerprint density at radius 3 is 2.52 bits per heavy atom. The Balaban J connectivity index is 1.14. The van der Waals surface area contributed by atoms with Crippen LogP contribution in [0.25, 0.3) is 32.9 Å². The number of piperidine rings is 1. The number of halogens is 2. The monoisotopic (exact) mass is 734 g/mol. The first-order chi connectivity index (χ1) is 26.1. The van der Waals surface area contributed by atoms with E-state index in [4.69, 9.17) is 20.9 Å². The molecule has 2 aromatic heterocycles. The molecule has 2 amide bonds. The van der Waals surface area contributed by atoms with Gasteiger partial charge in [0.05, 0.1) is 37.4 Å². The number of aromatic hydroxyl groups is 1. The lowest BCUT2D eigenvalue weighted by atomic mass is 9.95. The van der Waals surface area contributed by atoms with Crippen LogP contribution in [-0.2, 0) is 0 Å². The third-order valence-corrected chi connectivity index (χ3v) is 12.0. The minimum absolute atomic E-state index is 0.00219. The molecule has 5 atom stereocenters. The van der Waals surface area contributed by atoms with Gasteiger partial charge in [0.25, 0.3) is 0 Å². The van der Waals surface area contributed by atoms with Crippen molar-refractivity contribution < 1.29 is 28.2 Å². The number of phenolic OH excluding ortho intramolecular Hbond substituents is 1. The molecule has 4 aromatic rings. The Bertz CT molecular complexity index is 2280. The number of anilines is 1. The van der Waals surface area contributed by atoms with Crippen LogP contribution in [-0.4, -0.2) is 100 Å². The second-order valence-corrected chi connectivity index (χ2v) is 15.7. The van der Waals surface area contributed by atoms with Crippen LogP contribution in [0.2, 0.25) is 0 Å². The molecule has 2 N–H and O–H groups in total. The number of terminal acetylenes is 1. The summed E-state index contributed by atoms with van der Waals surface area (Å²) in [5, 5.41) is 23.6. The van der Waals surface area contributed by atoms with E-state index in [1.165, 1.54) is 37.8 Å². The third kappa shape index (κ3) is 5.84. The fourth-order valence-electron chi connectivity index (χ4n) is 9.02. The van der Waals surface area contributed by atoms with Gasteiger partial charge < -0.3 is 34.6 Å². The highest BCUT2D eigenvalue weighted by atomic mass is 19.1. The number of hydrogen-bond acceptors (Lipinski definition) is 10. The Morgan fingerprint density at radius 2 is 1.85 bits per heavy atom. The lowest BCUT2D eigenvalue weighted by molar-refractivity contribution is 0.159. The fraction of sp³-hybridized carbons (Fsp3) is 0.475. The largest absolute Gasteiger partial charge is 0.508 e. The standard InChI is InChI=1S/C40H40F2N8O4/c1-4-28-30(41)8-5-22-12-27(51)13-29(31(22)28)34-33(42)35-32(37(45-34)53-3)36(49-17-25-6-7-26(18-49)50(25)39(52)44-21(2)14-43)47-38(46-35)54-20-40(9-10-40)19-48-15-23-11-24(23)16-48/h1,5,8,12-13,21,23-26,51H,6-7,9-11,15-20H2,2-3H3,(H,44,52)/t21-,23?,24?,25?,26?/m1/s1. The number of nitrogens with zero attached hydrogens (tertiary/aromatic N) is 7. The Labute approximate surface area is 311 Å². The third-order valence-electron chi connectivity index (χ3n) is 12.0. The van der Waals surface area contributed by atoms with Gasteiger partial charge >= 0.3 is 12.0 Å². The minimum atomic E-state index is -0.845. The molecule has 2 aliphatic carbocycles. The molecule has 4 unspecified atom stereocenters. The van der Waals surface area contributed by atoms with Crippen LogP contribution in [0, 0.1) is 52.6 Å². The summed E-state index contributed by atoms with van der Waals surface area (Å²) in [6.07, 6.45) is 10.6. The SMILES string of the molecule is C#Cc1c(F)ccc2cc(O)cc(-c3nc(OC)c4c(N5CC6CCC(C5)N6C(=O)N[C@H](C)C#N)nc(OCC5(CN6CC7CC7C6)CC5)nc4c3F)c12. The van der Waals surface area contributed by atoms with Gasteiger partial charge in [0.15, 0.2) is 5.82 Å². The van der Waals surface area contributed by atoms with E-state index in [0.29, 0.717) is 30.9 Å². The van der Waals surface area contributed by atoms with Crippen LogP contribution >= 0.6 is 0 Å². The van der Waals surface area contributed by atoms with Crippen LogP contribution in [0.1, 0.15) is 44.6 Å². The number of nitriles is 1. The molecule has 0 radical (unpaired) electrons. The van der Waals surface area contributed by atoms with Gasteiger partial charge in [0.2, 0.25) is 5.88 Å². The average Bonchev–Trinajstić information content (AvgIpc) is 4.05. The average molecular weight is 735 g/mol. The maximum absolute atomic E-state index is 17.3. The second-order valence-electron chi connectivity index (χ2n) is 15.7. The zero-order valence-corrected chi connectivity index (χ0v) is 30.1. The summed E-state index contributed by atoms with van der Waals surface area (Å²) in [6.45, 7) is 5.96. The molecule has 2 bridgehead atoms. The minimum Gasteiger partial charge on any atom is -0.508 e. The molecule has 3 saturated heterocycles. The van der Waals surface area contributed by atoms with Gasteiger partial charge in [-0.2, -0.15) is 15.2 Å². The number of carbonyl (C=O) groups excluding carboxylic acids is 1. The Morgan fingerprint density at radius 1 is 1.11 bits per heavy atom. The summed E-state index contributed by atoms with van der Waals surface area (Å²) in [6, 6.07) is 6.12. The maximum Gasteiger partial charge on any atom is 0.319 e. The highest BCUT2D eigenvalue weighted by molar-refractivity contribution is 6.04. The summed E-state index contributed by atoms with van der Waals surface area (Å²) in [5.74, 6) is 2.68. The number of rotatable bonds is 9. The zero-order chi connectivity index (χ0) is 37.5. The van der Waals surface area contributed by atoms with Gasteiger partial charge in [0, 0.05) is 49.1 Å². The zero-order valence-electron chi connectivity index (χ0n) is 30.1. The van der Waals surface area contributed by atoms with Crippen molar-refractivity contribution in [1.29, 1.82) is 5.26 Å². The van der Waals surface area contributed by atoms with E-state index in [9.17, 15) is 15.2 Å². The molecule has 54 heavy (non-hydrogen) atoms. The number of amides is 2. The van der Waals surface area contributed by atoms with E-state index in [-0.39, 0.29) is 74.3 Å². The van der Waals surface area contributed by atoms with E-state index >= 15 is 8.78 Å². The lowest BCUT2D eigenvalue weighted by Gasteiger charge is -2.41. The first kappa shape index (κ1) is 34.3. The Hall–Kier alpha value is -5.47. The molecule has 0 spiro atoms. The highest BCUT2D eigenvalue weighted by Crippen LogP contribution is 2.51. The summed E-state index contributed by atoms with van der Waals surface area (Å²) in [7, 11) is 1.41. The van der Waals surface area contributed by atoms with E-state index in [1.54, 1.807) is 11.8 Å². The number of phenols is 1. The Kier molecular flexibility index (Phi) is 8.16. The first-order valence-electron chi connectivity index (χ1n) is 18.5. The molecule has 5 fully saturated rings. The number of piperazine rings is 1. The number of fused-ring (bicyclic) bond motifs is 5. The van der Waals surface area contributed by atoms with Gasteiger partial charge in [-0.15, -0.1) is 6.42 Å². The summed E-state index contributed by atoms with van der Waals surface area (Å²) >= 11 is 0. The van der Waals surface area contributed by atoms with Crippen molar-refractivity contribution in [3.05, 3.63) is 41.5 Å². The smallest absolute Gasteiger partial charge is 0.319 e. The van der Waals surface area contributed by atoms with Crippen molar-refractivity contribution in [2.45, 2.75) is 57.2 Å². The van der Waals surface area contributed by atoms with Crippen LogP contribution in [0.4, 0.5) is 19.4 Å². The van der Waals surface area contributed by atoms with Gasteiger partial charge in [-0.05, 0) is 74.4 Å². The predicted octanol–water partition coefficient (Wildman–Crippen LogP) is 5.20. The second kappa shape index (κ2) is 12.8. The van der Waals surface area contributed by atoms with Crippen LogP contribution < -0.4 is 19.7 Å². The molecule has 9 rings (SSSR count). The van der Waals surface area contributed by atoms with Gasteiger partial charge in [0.1, 0.15) is 40.0 Å². The summed E-state index contributed by atoms with van der Waals surface area (Å²) in [5.41, 5.74) is -0.405. The maximum atomic E-state index is 17.3. The quantitative estimate of drug-likeness (QED) is 0.221. The number of ether oxygens (including phenoxy) is 2. The molecular formula is C40H40F2N8O4. The number of aromatic nitrogens is 3. The molecule has 2 saturated carbocycles. The number of methoxy groups -OCH3 is 1. The molecular weight excluding hydrogens is 694 g/mol. The van der Waals surface area contributed by atoms with Crippen molar-refractivity contribution in [3.63, 3.8) is 0 Å². The molecule has 5 heterocycles. The molecule has 5 aliphatic rings. The van der Waals surface area contributed by atoms with Crippen molar-refractivity contribution in [2.75, 3.05) is 51.3 Å². The van der Waals surface area contributed by atoms with Crippen LogP contribution in [0.5, 0.6) is 17.6 Å². The molecule has 2 aromatic carbocycles. The summed E-state index contributed by atoms with van der Waals surface area (Å²) < 4.78 is 44.6. The molecule has 12 nitrogen and oxygen atoms in total. The number of likely N-dealkylation sites (tertiary alicyclic amines) is 1. The number of hydrogen-bond donors (Lipinski definition) is 2. The fourth-order valence-corrected chi connectivity index (χ4v) is 9.02. The molecule has 3 aliphatic heterocycles. The number of nitrogens with one attached hydrogen (secondary N) is 1. The number of urea groups is 1. The highest BCUT2D eigenvalue weighted by Gasteiger charge is 2.51. The van der Waals surface area contributed by atoms with E-state index < -0.39 is 17.7 Å². The van der Waals surface area contributed by atoms with Crippen molar-refractivity contribution in [1.82, 2.24) is 30.1 Å². The number of carbonyl (C=O) groups is 1. The number of benzene rings is 2. The van der Waals surface area contributed by atoms with E-state index in [2.05, 4.69) is 32.2 Å². The summed E-state index contributed by atoms with van der Waals surface area (Å²) in [4.78, 5) is 33.7. The predicted molar refractivity (Wildman–Crippen MR) is 196 cm³/mol.